The van der Waals surface area contributed by atoms with Gasteiger partial charge in [-0.1, -0.05) is 0 Å². The molecule has 2 rings (SSSR count). The third-order valence-corrected chi connectivity index (χ3v) is 2.76. The number of nitrogens with two attached hydrogens (primary N) is 1. The van der Waals surface area contributed by atoms with Crippen LogP contribution in [0.25, 0.3) is 0 Å². The van der Waals surface area contributed by atoms with Crippen LogP contribution in [0.3, 0.4) is 0 Å². The molecule has 1 amide bonds. The van der Waals surface area contributed by atoms with Gasteiger partial charge in [-0.15, -0.1) is 0 Å². The summed E-state index contributed by atoms with van der Waals surface area (Å²) in [5, 5.41) is 0. The Balaban J connectivity index is 2.55. The van der Waals surface area contributed by atoms with Gasteiger partial charge in [0.15, 0.2) is 0 Å². The Kier molecular flexibility index (Phi) is 1.95. The number of nitrogens with zero attached hydrogens (tertiary/aromatic N) is 1. The van der Waals surface area contributed by atoms with Crippen molar-refractivity contribution < 1.29 is 4.79 Å². The van der Waals surface area contributed by atoms with Crippen molar-refractivity contribution in [2.45, 2.75) is 19.8 Å². The topological polar surface area (TPSA) is 46.3 Å². The highest BCUT2D eigenvalue weighted by molar-refractivity contribution is 6.04. The molecule has 0 fully saturated rings. The molecule has 0 radical (unpaired) electrons. The summed E-state index contributed by atoms with van der Waals surface area (Å²) in [7, 11) is 0. The molecule has 14 heavy (non-hydrogen) atoms. The number of nitrogen functional groups attached to an aromatic ring is 1. The molecule has 1 atom stereocenters. The van der Waals surface area contributed by atoms with E-state index in [4.69, 9.17) is 5.73 Å². The van der Waals surface area contributed by atoms with Gasteiger partial charge >= 0.3 is 0 Å². The summed E-state index contributed by atoms with van der Waals surface area (Å²) >= 11 is 0. The Morgan fingerprint density at radius 2 is 2.21 bits per heavy atom. The van der Waals surface area contributed by atoms with Crippen LogP contribution in [0, 0.1) is 0 Å². The largest absolute Gasteiger partial charge is 0.399 e. The quantitative estimate of drug-likeness (QED) is 0.685. The fraction of sp³-hybridized carbons (Fsp3) is 0.364. The zero-order chi connectivity index (χ0) is 10.3. The number of carbonyl (C=O) groups is 1. The van der Waals surface area contributed by atoms with Crippen LogP contribution in [-0.4, -0.2) is 12.5 Å². The predicted octanol–water partition coefficient (Wildman–Crippen LogP) is 1.74. The van der Waals surface area contributed by atoms with Gasteiger partial charge in [0, 0.05) is 17.9 Å². The summed E-state index contributed by atoms with van der Waals surface area (Å²) in [6.45, 7) is 4.63. The number of hydrogen-bond donors (Lipinski definition) is 1. The second kappa shape index (κ2) is 3.01. The van der Waals surface area contributed by atoms with Gasteiger partial charge in [0.05, 0.1) is 5.92 Å². The van der Waals surface area contributed by atoms with E-state index < -0.39 is 0 Å². The number of hydrogen-bond acceptors (Lipinski definition) is 2. The third-order valence-electron chi connectivity index (χ3n) is 2.76. The lowest BCUT2D eigenvalue weighted by molar-refractivity contribution is -0.118. The molecule has 0 aromatic heterocycles. The number of amides is 1. The lowest BCUT2D eigenvalue weighted by Gasteiger charge is -2.14. The van der Waals surface area contributed by atoms with E-state index in [1.807, 2.05) is 32.0 Å². The smallest absolute Gasteiger partial charge is 0.234 e. The molecule has 1 aliphatic heterocycles. The van der Waals surface area contributed by atoms with Crippen molar-refractivity contribution in [2.24, 2.45) is 0 Å². The average molecular weight is 190 g/mol. The van der Waals surface area contributed by atoms with E-state index in [9.17, 15) is 4.79 Å². The van der Waals surface area contributed by atoms with Crippen LogP contribution < -0.4 is 10.6 Å². The van der Waals surface area contributed by atoms with E-state index in [1.54, 1.807) is 4.90 Å². The van der Waals surface area contributed by atoms with Crippen LogP contribution in [0.15, 0.2) is 18.2 Å². The monoisotopic (exact) mass is 190 g/mol. The Hall–Kier alpha value is -1.51. The number of rotatable bonds is 1. The van der Waals surface area contributed by atoms with Crippen molar-refractivity contribution in [3.63, 3.8) is 0 Å². The Labute approximate surface area is 83.5 Å². The van der Waals surface area contributed by atoms with Crippen LogP contribution in [0.5, 0.6) is 0 Å². The molecule has 1 heterocycles. The second-order valence-corrected chi connectivity index (χ2v) is 3.62. The lowest BCUT2D eigenvalue weighted by Crippen LogP contribution is -2.27. The van der Waals surface area contributed by atoms with Gasteiger partial charge in [0.2, 0.25) is 5.91 Å². The number of carbonyl (C=O) groups excluding carboxylic acids is 1. The summed E-state index contributed by atoms with van der Waals surface area (Å²) in [6.07, 6.45) is 0. The van der Waals surface area contributed by atoms with Crippen molar-refractivity contribution in [1.82, 2.24) is 0 Å². The highest BCUT2D eigenvalue weighted by atomic mass is 16.2. The van der Waals surface area contributed by atoms with E-state index in [2.05, 4.69) is 0 Å². The molecule has 1 aromatic rings. The van der Waals surface area contributed by atoms with Crippen molar-refractivity contribution in [3.8, 4) is 0 Å². The number of anilines is 2. The zero-order valence-corrected chi connectivity index (χ0v) is 8.45. The fourth-order valence-corrected chi connectivity index (χ4v) is 1.98. The molecule has 3 nitrogen and oxygen atoms in total. The number of benzene rings is 1. The standard InChI is InChI=1S/C11H14N2O/c1-3-13-10-5-4-8(12)6-9(10)7(2)11(13)14/h4-7H,3,12H2,1-2H3. The molecule has 1 aromatic carbocycles. The Bertz CT molecular complexity index is 387. The maximum atomic E-state index is 11.8. The first-order valence-corrected chi connectivity index (χ1v) is 4.86. The van der Waals surface area contributed by atoms with E-state index in [0.717, 1.165) is 23.5 Å². The van der Waals surface area contributed by atoms with E-state index >= 15 is 0 Å². The van der Waals surface area contributed by atoms with Crippen LogP contribution in [0.2, 0.25) is 0 Å². The predicted molar refractivity (Wildman–Crippen MR) is 57.3 cm³/mol. The van der Waals surface area contributed by atoms with Crippen LogP contribution in [0.4, 0.5) is 11.4 Å². The summed E-state index contributed by atoms with van der Waals surface area (Å²) < 4.78 is 0. The maximum absolute atomic E-state index is 11.8. The molecule has 0 spiro atoms. The molecule has 0 saturated carbocycles. The fourth-order valence-electron chi connectivity index (χ4n) is 1.98. The number of likely N-dealkylation sites (N-methyl/N-ethyl adjacent to an activating group) is 1. The number of fused-ring (bicyclic) bond motifs is 1. The summed E-state index contributed by atoms with van der Waals surface area (Å²) in [4.78, 5) is 13.6. The molecule has 1 unspecified atom stereocenters. The summed E-state index contributed by atoms with van der Waals surface area (Å²) in [5.41, 5.74) is 8.48. The SMILES string of the molecule is CCN1C(=O)C(C)c2cc(N)ccc21. The lowest BCUT2D eigenvalue weighted by atomic mass is 10.0. The minimum atomic E-state index is -0.0477. The molecule has 0 bridgehead atoms. The zero-order valence-electron chi connectivity index (χ0n) is 8.45. The minimum absolute atomic E-state index is 0.0477. The minimum Gasteiger partial charge on any atom is -0.399 e. The van der Waals surface area contributed by atoms with Crippen LogP contribution >= 0.6 is 0 Å². The van der Waals surface area contributed by atoms with E-state index in [0.29, 0.717) is 0 Å². The highest BCUT2D eigenvalue weighted by Crippen LogP contribution is 2.37. The Morgan fingerprint density at radius 3 is 2.86 bits per heavy atom. The molecule has 74 valence electrons. The maximum Gasteiger partial charge on any atom is 0.234 e. The molecule has 3 heteroatoms. The van der Waals surface area contributed by atoms with Gasteiger partial charge in [-0.2, -0.15) is 0 Å². The molecular formula is C11H14N2O. The van der Waals surface area contributed by atoms with Crippen LogP contribution in [0.1, 0.15) is 25.3 Å². The van der Waals surface area contributed by atoms with Gasteiger partial charge in [0.1, 0.15) is 0 Å². The molecular weight excluding hydrogens is 176 g/mol. The summed E-state index contributed by atoms with van der Waals surface area (Å²) in [6, 6.07) is 5.66. The second-order valence-electron chi connectivity index (χ2n) is 3.62. The normalized spacial score (nSPS) is 20.0. The molecule has 0 saturated heterocycles. The van der Waals surface area contributed by atoms with E-state index in [-0.39, 0.29) is 11.8 Å². The van der Waals surface area contributed by atoms with Crippen molar-refractivity contribution in [1.29, 1.82) is 0 Å². The first-order chi connectivity index (χ1) is 6.65. The average Bonchev–Trinajstić information content (AvgIpc) is 2.41. The van der Waals surface area contributed by atoms with Crippen LogP contribution in [-0.2, 0) is 4.79 Å². The van der Waals surface area contributed by atoms with E-state index in [1.165, 1.54) is 0 Å². The molecule has 0 aliphatic carbocycles. The van der Waals surface area contributed by atoms with Crippen molar-refractivity contribution in [3.05, 3.63) is 23.8 Å². The van der Waals surface area contributed by atoms with Gasteiger partial charge in [-0.05, 0) is 37.6 Å². The van der Waals surface area contributed by atoms with Crippen molar-refractivity contribution in [2.75, 3.05) is 17.2 Å². The van der Waals surface area contributed by atoms with Gasteiger partial charge in [-0.25, -0.2) is 0 Å². The highest BCUT2D eigenvalue weighted by Gasteiger charge is 2.32. The van der Waals surface area contributed by atoms with Gasteiger partial charge in [0.25, 0.3) is 0 Å². The van der Waals surface area contributed by atoms with Gasteiger partial charge in [-0.3, -0.25) is 4.79 Å². The molecule has 2 N–H and O–H groups in total. The van der Waals surface area contributed by atoms with Crippen molar-refractivity contribution >= 4 is 17.3 Å². The first kappa shape index (κ1) is 9.06. The third kappa shape index (κ3) is 1.09. The summed E-state index contributed by atoms with van der Waals surface area (Å²) in [5.74, 6) is 0.126. The molecule has 1 aliphatic rings. The Morgan fingerprint density at radius 1 is 1.50 bits per heavy atom. The first-order valence-electron chi connectivity index (χ1n) is 4.86. The van der Waals surface area contributed by atoms with Gasteiger partial charge < -0.3 is 10.6 Å².